The van der Waals surface area contributed by atoms with Gasteiger partial charge in [-0.1, -0.05) is 49.1 Å². The highest BCUT2D eigenvalue weighted by molar-refractivity contribution is 6.30. The first kappa shape index (κ1) is 16.1. The second-order valence-electron chi connectivity index (χ2n) is 5.59. The number of hydrogen-bond donors (Lipinski definition) is 2. The van der Waals surface area contributed by atoms with Crippen LogP contribution in [0.2, 0.25) is 5.02 Å². The largest absolute Gasteiger partial charge is 0.483 e. The fourth-order valence-electron chi connectivity index (χ4n) is 3.44. The van der Waals surface area contributed by atoms with Gasteiger partial charge in [-0.05, 0) is 49.1 Å². The highest BCUT2D eigenvalue weighted by Crippen LogP contribution is 2.41. The van der Waals surface area contributed by atoms with E-state index < -0.39 is 0 Å². The molecule has 0 unspecified atom stereocenters. The third-order valence-corrected chi connectivity index (χ3v) is 4.59. The molecule has 2 N–H and O–H groups in total. The zero-order chi connectivity index (χ0) is 15.1. The van der Waals surface area contributed by atoms with E-state index in [4.69, 9.17) is 21.5 Å². The van der Waals surface area contributed by atoms with Gasteiger partial charge in [0.15, 0.2) is 0 Å². The van der Waals surface area contributed by atoms with Crippen LogP contribution in [0, 0.1) is 0 Å². The standard InChI is InChI=1S/C16H20ClN.CH2O2/c17-14-8-6-13(7-9-14)15-5-4-12-18-16(15)10-2-1-3-11-16;2-1-3/h5-9,18H,1-4,10-12H2;1H,(H,2,3). The van der Waals surface area contributed by atoms with Crippen molar-refractivity contribution in [1.29, 1.82) is 0 Å². The van der Waals surface area contributed by atoms with E-state index in [0.717, 1.165) is 18.0 Å². The number of rotatable bonds is 1. The topological polar surface area (TPSA) is 49.3 Å². The van der Waals surface area contributed by atoms with E-state index >= 15 is 0 Å². The molecule has 0 bridgehead atoms. The highest BCUT2D eigenvalue weighted by atomic mass is 35.5. The summed E-state index contributed by atoms with van der Waals surface area (Å²) in [4.78, 5) is 8.36. The number of halogens is 1. The summed E-state index contributed by atoms with van der Waals surface area (Å²) in [5.41, 5.74) is 3.09. The molecule has 1 aliphatic carbocycles. The van der Waals surface area contributed by atoms with Crippen molar-refractivity contribution in [2.45, 2.75) is 44.1 Å². The molecular weight excluding hydrogens is 286 g/mol. The zero-order valence-corrected chi connectivity index (χ0v) is 12.9. The molecule has 4 heteroatoms. The molecule has 1 saturated carbocycles. The van der Waals surface area contributed by atoms with Crippen LogP contribution in [0.15, 0.2) is 30.3 Å². The molecule has 0 aromatic heterocycles. The summed E-state index contributed by atoms with van der Waals surface area (Å²) in [6, 6.07) is 8.33. The molecule has 3 rings (SSSR count). The van der Waals surface area contributed by atoms with Crippen LogP contribution in [0.25, 0.3) is 5.57 Å². The second-order valence-corrected chi connectivity index (χ2v) is 6.02. The minimum absolute atomic E-state index is 0.240. The maximum absolute atomic E-state index is 8.36. The molecule has 2 aliphatic rings. The van der Waals surface area contributed by atoms with E-state index in [2.05, 4.69) is 23.5 Å². The van der Waals surface area contributed by atoms with Crippen molar-refractivity contribution in [2.75, 3.05) is 6.54 Å². The lowest BCUT2D eigenvalue weighted by Gasteiger charge is -2.43. The predicted molar refractivity (Wildman–Crippen MR) is 86.6 cm³/mol. The molecule has 1 fully saturated rings. The van der Waals surface area contributed by atoms with Crippen molar-refractivity contribution in [1.82, 2.24) is 5.32 Å². The predicted octanol–water partition coefficient (Wildman–Crippen LogP) is 4.12. The van der Waals surface area contributed by atoms with Gasteiger partial charge in [-0.2, -0.15) is 0 Å². The Morgan fingerprint density at radius 1 is 1.14 bits per heavy atom. The molecule has 1 heterocycles. The van der Waals surface area contributed by atoms with Crippen molar-refractivity contribution in [3.63, 3.8) is 0 Å². The van der Waals surface area contributed by atoms with Crippen LogP contribution < -0.4 is 5.32 Å². The van der Waals surface area contributed by atoms with Crippen LogP contribution >= 0.6 is 11.6 Å². The van der Waals surface area contributed by atoms with Crippen LogP contribution in [0.1, 0.15) is 44.1 Å². The first-order valence-electron chi connectivity index (χ1n) is 7.51. The summed E-state index contributed by atoms with van der Waals surface area (Å²) in [5.74, 6) is 0. The van der Waals surface area contributed by atoms with E-state index in [9.17, 15) is 0 Å². The Bertz CT molecular complexity index is 490. The third kappa shape index (κ3) is 3.86. The number of carbonyl (C=O) groups is 1. The Kier molecular flexibility index (Phi) is 5.83. The van der Waals surface area contributed by atoms with Crippen molar-refractivity contribution >= 4 is 23.6 Å². The molecule has 1 spiro atoms. The Morgan fingerprint density at radius 3 is 2.38 bits per heavy atom. The van der Waals surface area contributed by atoms with Gasteiger partial charge in [0, 0.05) is 10.6 Å². The lowest BCUT2D eigenvalue weighted by atomic mass is 9.72. The van der Waals surface area contributed by atoms with Crippen LogP contribution in [-0.4, -0.2) is 23.7 Å². The fourth-order valence-corrected chi connectivity index (χ4v) is 3.57. The molecule has 0 atom stereocenters. The van der Waals surface area contributed by atoms with Gasteiger partial charge in [-0.15, -0.1) is 0 Å². The first-order chi connectivity index (χ1) is 10.2. The van der Waals surface area contributed by atoms with Crippen LogP contribution in [-0.2, 0) is 4.79 Å². The van der Waals surface area contributed by atoms with Crippen molar-refractivity contribution < 1.29 is 9.90 Å². The molecule has 0 saturated heterocycles. The number of hydrogen-bond acceptors (Lipinski definition) is 2. The lowest BCUT2D eigenvalue weighted by molar-refractivity contribution is -0.122. The summed E-state index contributed by atoms with van der Waals surface area (Å²) in [6.07, 6.45) is 10.2. The average molecular weight is 308 g/mol. The Hall–Kier alpha value is -1.32. The van der Waals surface area contributed by atoms with Crippen molar-refractivity contribution in [2.24, 2.45) is 0 Å². The average Bonchev–Trinajstić information content (AvgIpc) is 2.51. The van der Waals surface area contributed by atoms with Gasteiger partial charge >= 0.3 is 0 Å². The highest BCUT2D eigenvalue weighted by Gasteiger charge is 2.37. The summed E-state index contributed by atoms with van der Waals surface area (Å²) in [7, 11) is 0. The molecule has 0 amide bonds. The van der Waals surface area contributed by atoms with Crippen LogP contribution in [0.4, 0.5) is 0 Å². The van der Waals surface area contributed by atoms with Gasteiger partial charge in [-0.25, -0.2) is 0 Å². The first-order valence-corrected chi connectivity index (χ1v) is 7.89. The van der Waals surface area contributed by atoms with E-state index in [1.165, 1.54) is 43.2 Å². The lowest BCUT2D eigenvalue weighted by Crippen LogP contribution is -2.49. The molecular formula is C17H22ClNO2. The maximum Gasteiger partial charge on any atom is 0.290 e. The molecule has 21 heavy (non-hydrogen) atoms. The van der Waals surface area contributed by atoms with Gasteiger partial charge in [0.2, 0.25) is 0 Å². The van der Waals surface area contributed by atoms with Crippen molar-refractivity contribution in [3.05, 3.63) is 40.9 Å². The summed E-state index contributed by atoms with van der Waals surface area (Å²) < 4.78 is 0. The number of benzene rings is 1. The quantitative estimate of drug-likeness (QED) is 0.767. The van der Waals surface area contributed by atoms with Crippen LogP contribution in [0.3, 0.4) is 0 Å². The normalized spacial score (nSPS) is 20.1. The Morgan fingerprint density at radius 2 is 1.76 bits per heavy atom. The summed E-state index contributed by atoms with van der Waals surface area (Å²) in [6.45, 7) is 0.872. The van der Waals surface area contributed by atoms with Gasteiger partial charge in [0.05, 0.1) is 0 Å². The number of carboxylic acid groups (broad SMARTS) is 1. The zero-order valence-electron chi connectivity index (χ0n) is 12.1. The molecule has 1 aromatic carbocycles. The Balaban J connectivity index is 0.000000497. The minimum atomic E-state index is -0.250. The van der Waals surface area contributed by atoms with E-state index in [0.29, 0.717) is 0 Å². The smallest absolute Gasteiger partial charge is 0.290 e. The van der Waals surface area contributed by atoms with Gasteiger partial charge in [-0.3, -0.25) is 4.79 Å². The molecule has 3 nitrogen and oxygen atoms in total. The second kappa shape index (κ2) is 7.62. The molecule has 114 valence electrons. The molecule has 1 aromatic rings. The van der Waals surface area contributed by atoms with E-state index in [1.54, 1.807) is 0 Å². The van der Waals surface area contributed by atoms with Gasteiger partial charge < -0.3 is 10.4 Å². The van der Waals surface area contributed by atoms with Gasteiger partial charge in [0.25, 0.3) is 6.47 Å². The number of nitrogens with one attached hydrogen (secondary N) is 1. The third-order valence-electron chi connectivity index (χ3n) is 4.33. The van der Waals surface area contributed by atoms with Crippen LogP contribution in [0.5, 0.6) is 0 Å². The van der Waals surface area contributed by atoms with E-state index in [-0.39, 0.29) is 12.0 Å². The van der Waals surface area contributed by atoms with E-state index in [1.807, 2.05) is 12.1 Å². The maximum atomic E-state index is 8.36. The summed E-state index contributed by atoms with van der Waals surface area (Å²) in [5, 5.41) is 11.5. The monoisotopic (exact) mass is 307 g/mol. The van der Waals surface area contributed by atoms with Crippen molar-refractivity contribution in [3.8, 4) is 0 Å². The SMILES string of the molecule is Clc1ccc(C2=CCCNC23CCCCC3)cc1.O=CO. The molecule has 1 aliphatic heterocycles. The fraction of sp³-hybridized carbons (Fsp3) is 0.471. The molecule has 0 radical (unpaired) electrons. The Labute approximate surface area is 131 Å². The van der Waals surface area contributed by atoms with Gasteiger partial charge in [0.1, 0.15) is 0 Å². The minimum Gasteiger partial charge on any atom is -0.483 e. The summed E-state index contributed by atoms with van der Waals surface area (Å²) >= 11 is 5.99.